The van der Waals surface area contributed by atoms with Crippen molar-refractivity contribution >= 4 is 15.9 Å². The smallest absolute Gasteiger partial charge is 0.133 e. The summed E-state index contributed by atoms with van der Waals surface area (Å²) >= 11 is 3.44. The summed E-state index contributed by atoms with van der Waals surface area (Å²) in [5, 5.41) is 9.02. The predicted octanol–water partition coefficient (Wildman–Crippen LogP) is 3.56. The van der Waals surface area contributed by atoms with Gasteiger partial charge >= 0.3 is 0 Å². The SMILES string of the molecule is OCc1ccc(OCCc2ccccc2)c(Br)c1. The van der Waals surface area contributed by atoms with Gasteiger partial charge in [-0.3, -0.25) is 0 Å². The molecule has 0 amide bonds. The minimum absolute atomic E-state index is 0.0445. The van der Waals surface area contributed by atoms with Crippen LogP contribution in [0.25, 0.3) is 0 Å². The molecule has 2 aromatic carbocycles. The summed E-state index contributed by atoms with van der Waals surface area (Å²) in [6.07, 6.45) is 0.884. The van der Waals surface area contributed by atoms with Crippen LogP contribution in [0.15, 0.2) is 53.0 Å². The molecule has 3 heteroatoms. The number of ether oxygens (including phenoxy) is 1. The highest BCUT2D eigenvalue weighted by Gasteiger charge is 2.02. The zero-order chi connectivity index (χ0) is 12.8. The number of aliphatic hydroxyl groups is 1. The minimum Gasteiger partial charge on any atom is -0.492 e. The second-order valence-corrected chi connectivity index (χ2v) is 4.86. The van der Waals surface area contributed by atoms with Crippen LogP contribution in [0.4, 0.5) is 0 Å². The molecule has 0 unspecified atom stereocenters. The largest absolute Gasteiger partial charge is 0.492 e. The van der Waals surface area contributed by atoms with Gasteiger partial charge in [0, 0.05) is 6.42 Å². The van der Waals surface area contributed by atoms with E-state index in [9.17, 15) is 0 Å². The highest BCUT2D eigenvalue weighted by atomic mass is 79.9. The lowest BCUT2D eigenvalue weighted by Gasteiger charge is -2.09. The van der Waals surface area contributed by atoms with E-state index < -0.39 is 0 Å². The van der Waals surface area contributed by atoms with Crippen molar-refractivity contribution in [3.8, 4) is 5.75 Å². The molecule has 2 nitrogen and oxygen atoms in total. The number of benzene rings is 2. The molecular weight excluding hydrogens is 292 g/mol. The van der Waals surface area contributed by atoms with Crippen molar-refractivity contribution in [1.82, 2.24) is 0 Å². The zero-order valence-corrected chi connectivity index (χ0v) is 11.6. The minimum atomic E-state index is 0.0445. The Morgan fingerprint density at radius 2 is 1.78 bits per heavy atom. The topological polar surface area (TPSA) is 29.5 Å². The van der Waals surface area contributed by atoms with E-state index in [1.54, 1.807) is 0 Å². The Morgan fingerprint density at radius 1 is 1.00 bits per heavy atom. The first kappa shape index (κ1) is 13.1. The predicted molar refractivity (Wildman–Crippen MR) is 75.7 cm³/mol. The van der Waals surface area contributed by atoms with Crippen molar-refractivity contribution < 1.29 is 9.84 Å². The van der Waals surface area contributed by atoms with Crippen LogP contribution in [-0.4, -0.2) is 11.7 Å². The molecule has 0 atom stereocenters. The Labute approximate surface area is 115 Å². The van der Waals surface area contributed by atoms with Gasteiger partial charge in [0.15, 0.2) is 0 Å². The lowest BCUT2D eigenvalue weighted by atomic mass is 10.2. The number of rotatable bonds is 5. The molecular formula is C15H15BrO2. The number of halogens is 1. The molecule has 0 saturated heterocycles. The molecule has 0 aromatic heterocycles. The Balaban J connectivity index is 1.91. The molecule has 0 bridgehead atoms. The summed E-state index contributed by atoms with van der Waals surface area (Å²) in [4.78, 5) is 0. The summed E-state index contributed by atoms with van der Waals surface area (Å²) in [7, 11) is 0. The Bertz CT molecular complexity index is 497. The molecule has 2 rings (SSSR count). The van der Waals surface area contributed by atoms with Crippen LogP contribution in [0.2, 0.25) is 0 Å². The average Bonchev–Trinajstić information content (AvgIpc) is 2.42. The quantitative estimate of drug-likeness (QED) is 0.915. The second-order valence-electron chi connectivity index (χ2n) is 4.01. The van der Waals surface area contributed by atoms with E-state index >= 15 is 0 Å². The molecule has 94 valence electrons. The van der Waals surface area contributed by atoms with Crippen molar-refractivity contribution in [2.45, 2.75) is 13.0 Å². The van der Waals surface area contributed by atoms with Gasteiger partial charge in [-0.15, -0.1) is 0 Å². The van der Waals surface area contributed by atoms with Gasteiger partial charge < -0.3 is 9.84 Å². The van der Waals surface area contributed by atoms with Crippen molar-refractivity contribution in [2.24, 2.45) is 0 Å². The first-order valence-corrected chi connectivity index (χ1v) is 6.65. The van der Waals surface area contributed by atoms with Gasteiger partial charge in [0.05, 0.1) is 17.7 Å². The van der Waals surface area contributed by atoms with Gasteiger partial charge in [0.1, 0.15) is 5.75 Å². The van der Waals surface area contributed by atoms with E-state index in [2.05, 4.69) is 28.1 Å². The molecule has 0 aliphatic rings. The average molecular weight is 307 g/mol. The van der Waals surface area contributed by atoms with Crippen LogP contribution >= 0.6 is 15.9 Å². The first-order valence-electron chi connectivity index (χ1n) is 5.85. The number of hydrogen-bond donors (Lipinski definition) is 1. The second kappa shape index (κ2) is 6.57. The van der Waals surface area contributed by atoms with Crippen molar-refractivity contribution in [3.05, 3.63) is 64.1 Å². The van der Waals surface area contributed by atoms with Gasteiger partial charge in [0.25, 0.3) is 0 Å². The molecule has 2 aromatic rings. The van der Waals surface area contributed by atoms with Crippen LogP contribution in [0.5, 0.6) is 5.75 Å². The third-order valence-electron chi connectivity index (χ3n) is 2.67. The lowest BCUT2D eigenvalue weighted by Crippen LogP contribution is -2.01. The number of hydrogen-bond acceptors (Lipinski definition) is 2. The van der Waals surface area contributed by atoms with Crippen LogP contribution in [0.3, 0.4) is 0 Å². The van der Waals surface area contributed by atoms with E-state index in [1.807, 2.05) is 36.4 Å². The Hall–Kier alpha value is -1.32. The molecule has 18 heavy (non-hydrogen) atoms. The van der Waals surface area contributed by atoms with Gasteiger partial charge in [-0.1, -0.05) is 36.4 Å². The molecule has 0 spiro atoms. The van der Waals surface area contributed by atoms with Gasteiger partial charge in [0.2, 0.25) is 0 Å². The van der Waals surface area contributed by atoms with E-state index in [0.29, 0.717) is 6.61 Å². The van der Waals surface area contributed by atoms with Gasteiger partial charge in [-0.05, 0) is 39.2 Å². The van der Waals surface area contributed by atoms with Crippen LogP contribution in [0.1, 0.15) is 11.1 Å². The molecule has 0 aliphatic carbocycles. The third-order valence-corrected chi connectivity index (χ3v) is 3.29. The summed E-state index contributed by atoms with van der Waals surface area (Å²) in [5.41, 5.74) is 2.14. The number of aliphatic hydroxyl groups excluding tert-OH is 1. The normalized spacial score (nSPS) is 10.3. The lowest BCUT2D eigenvalue weighted by molar-refractivity contribution is 0.281. The summed E-state index contributed by atoms with van der Waals surface area (Å²) in [6, 6.07) is 15.9. The fraction of sp³-hybridized carbons (Fsp3) is 0.200. The molecule has 0 aliphatic heterocycles. The Morgan fingerprint density at radius 3 is 2.44 bits per heavy atom. The fourth-order valence-electron chi connectivity index (χ4n) is 1.68. The molecule has 0 radical (unpaired) electrons. The van der Waals surface area contributed by atoms with E-state index in [-0.39, 0.29) is 6.61 Å². The highest BCUT2D eigenvalue weighted by Crippen LogP contribution is 2.26. The summed E-state index contributed by atoms with van der Waals surface area (Å²) in [6.45, 7) is 0.685. The third kappa shape index (κ3) is 3.59. The zero-order valence-electron chi connectivity index (χ0n) is 9.97. The van der Waals surface area contributed by atoms with Crippen LogP contribution in [0, 0.1) is 0 Å². The molecule has 0 saturated carbocycles. The monoisotopic (exact) mass is 306 g/mol. The van der Waals surface area contributed by atoms with Crippen molar-refractivity contribution in [2.75, 3.05) is 6.61 Å². The first-order chi connectivity index (χ1) is 8.79. The van der Waals surface area contributed by atoms with E-state index in [1.165, 1.54) is 5.56 Å². The fourth-order valence-corrected chi connectivity index (χ4v) is 2.22. The maximum atomic E-state index is 9.02. The maximum absolute atomic E-state index is 9.02. The Kier molecular flexibility index (Phi) is 4.79. The summed E-state index contributed by atoms with van der Waals surface area (Å²) in [5.74, 6) is 0.808. The summed E-state index contributed by atoms with van der Waals surface area (Å²) < 4.78 is 6.59. The molecule has 0 fully saturated rings. The van der Waals surface area contributed by atoms with Gasteiger partial charge in [-0.25, -0.2) is 0 Å². The van der Waals surface area contributed by atoms with Crippen molar-refractivity contribution in [3.63, 3.8) is 0 Å². The molecule has 1 N–H and O–H groups in total. The van der Waals surface area contributed by atoms with Crippen molar-refractivity contribution in [1.29, 1.82) is 0 Å². The standard InChI is InChI=1S/C15H15BrO2/c16-14-10-13(11-17)6-7-15(14)18-9-8-12-4-2-1-3-5-12/h1-7,10,17H,8-9,11H2. The van der Waals surface area contributed by atoms with Gasteiger partial charge in [-0.2, -0.15) is 0 Å². The van der Waals surface area contributed by atoms with Crippen LogP contribution in [-0.2, 0) is 13.0 Å². The van der Waals surface area contributed by atoms with E-state index in [4.69, 9.17) is 9.84 Å². The highest BCUT2D eigenvalue weighted by molar-refractivity contribution is 9.10. The molecule has 0 heterocycles. The van der Waals surface area contributed by atoms with E-state index in [0.717, 1.165) is 22.2 Å². The maximum Gasteiger partial charge on any atom is 0.133 e. The van der Waals surface area contributed by atoms with Crippen LogP contribution < -0.4 is 4.74 Å².